The monoisotopic (exact) mass is 282 g/mol. The molecule has 0 heterocycles. The summed E-state index contributed by atoms with van der Waals surface area (Å²) in [5.74, 6) is 1.83. The molecule has 16 heavy (non-hydrogen) atoms. The summed E-state index contributed by atoms with van der Waals surface area (Å²) in [4.78, 5) is 0. The van der Waals surface area contributed by atoms with Gasteiger partial charge in [0, 0.05) is 10.9 Å². The maximum Gasteiger partial charge on any atom is 0.123 e. The number of benzene rings is 1. The van der Waals surface area contributed by atoms with Crippen LogP contribution in [0.25, 0.3) is 0 Å². The molecule has 0 spiro atoms. The second kappa shape index (κ2) is 5.72. The van der Waals surface area contributed by atoms with Gasteiger partial charge in [0.2, 0.25) is 0 Å². The molecule has 0 unspecified atom stereocenters. The molecule has 0 saturated heterocycles. The molecule has 88 valence electrons. The third kappa shape index (κ3) is 3.00. The number of aryl methyl sites for hydroxylation is 1. The molecule has 2 heteroatoms. The molecule has 1 aromatic carbocycles. The van der Waals surface area contributed by atoms with Gasteiger partial charge in [0.1, 0.15) is 5.75 Å². The van der Waals surface area contributed by atoms with Crippen LogP contribution in [-0.2, 0) is 5.33 Å². The zero-order valence-corrected chi connectivity index (χ0v) is 11.4. The van der Waals surface area contributed by atoms with Crippen LogP contribution in [0.2, 0.25) is 0 Å². The standard InChI is InChI=1S/C14H19BrO/c1-11-6-7-14(13(8-11)9-15)16-10-12-4-2-3-5-12/h6-8,12H,2-5,9-10H2,1H3. The Bertz CT molecular complexity index is 343. The van der Waals surface area contributed by atoms with E-state index < -0.39 is 0 Å². The number of halogens is 1. The minimum Gasteiger partial charge on any atom is -0.493 e. The molecule has 1 nitrogen and oxygen atoms in total. The predicted molar refractivity (Wildman–Crippen MR) is 71.3 cm³/mol. The van der Waals surface area contributed by atoms with Crippen LogP contribution in [0.3, 0.4) is 0 Å². The molecule has 1 aliphatic rings. The normalized spacial score (nSPS) is 16.6. The van der Waals surface area contributed by atoms with Gasteiger partial charge in [-0.3, -0.25) is 0 Å². The number of rotatable bonds is 4. The van der Waals surface area contributed by atoms with Crippen molar-refractivity contribution in [2.75, 3.05) is 6.61 Å². The van der Waals surface area contributed by atoms with Gasteiger partial charge in [-0.2, -0.15) is 0 Å². The van der Waals surface area contributed by atoms with E-state index in [4.69, 9.17) is 4.74 Å². The molecule has 1 fully saturated rings. The lowest BCUT2D eigenvalue weighted by Crippen LogP contribution is -2.09. The van der Waals surface area contributed by atoms with Crippen LogP contribution in [0.1, 0.15) is 36.8 Å². The molecule has 1 aliphatic carbocycles. The highest BCUT2D eigenvalue weighted by Crippen LogP contribution is 2.27. The third-order valence-corrected chi connectivity index (χ3v) is 3.91. The van der Waals surface area contributed by atoms with E-state index in [0.29, 0.717) is 0 Å². The van der Waals surface area contributed by atoms with E-state index in [1.165, 1.54) is 36.8 Å². The summed E-state index contributed by atoms with van der Waals surface area (Å²) in [5, 5.41) is 0.870. The van der Waals surface area contributed by atoms with Crippen molar-refractivity contribution in [3.8, 4) is 5.75 Å². The number of ether oxygens (including phenoxy) is 1. The number of hydrogen-bond donors (Lipinski definition) is 0. The van der Waals surface area contributed by atoms with E-state index in [1.54, 1.807) is 0 Å². The van der Waals surface area contributed by atoms with Crippen LogP contribution in [-0.4, -0.2) is 6.61 Å². The van der Waals surface area contributed by atoms with Crippen molar-refractivity contribution in [3.05, 3.63) is 29.3 Å². The second-order valence-electron chi connectivity index (χ2n) is 4.71. The van der Waals surface area contributed by atoms with Gasteiger partial charge in [0.15, 0.2) is 0 Å². The Morgan fingerprint density at radius 1 is 1.31 bits per heavy atom. The zero-order chi connectivity index (χ0) is 11.4. The highest BCUT2D eigenvalue weighted by molar-refractivity contribution is 9.08. The van der Waals surface area contributed by atoms with E-state index in [0.717, 1.165) is 23.6 Å². The number of alkyl halides is 1. The quantitative estimate of drug-likeness (QED) is 0.741. The minimum atomic E-state index is 0.782. The van der Waals surface area contributed by atoms with Gasteiger partial charge in [0.05, 0.1) is 6.61 Å². The van der Waals surface area contributed by atoms with Gasteiger partial charge < -0.3 is 4.74 Å². The lowest BCUT2D eigenvalue weighted by atomic mass is 10.1. The van der Waals surface area contributed by atoms with Gasteiger partial charge >= 0.3 is 0 Å². The Hall–Kier alpha value is -0.500. The zero-order valence-electron chi connectivity index (χ0n) is 9.84. The topological polar surface area (TPSA) is 9.23 Å². The first-order valence-corrected chi connectivity index (χ1v) is 7.20. The third-order valence-electron chi connectivity index (χ3n) is 3.31. The van der Waals surface area contributed by atoms with Crippen molar-refractivity contribution >= 4 is 15.9 Å². The van der Waals surface area contributed by atoms with E-state index in [1.807, 2.05) is 0 Å². The summed E-state index contributed by atoms with van der Waals surface area (Å²) < 4.78 is 5.94. The SMILES string of the molecule is Cc1ccc(OCC2CCCC2)c(CBr)c1. The van der Waals surface area contributed by atoms with Crippen molar-refractivity contribution in [3.63, 3.8) is 0 Å². The first kappa shape index (κ1) is 12.0. The summed E-state index contributed by atoms with van der Waals surface area (Å²) in [5.41, 5.74) is 2.56. The van der Waals surface area contributed by atoms with Crippen molar-refractivity contribution in [1.82, 2.24) is 0 Å². The fourth-order valence-electron chi connectivity index (χ4n) is 2.34. The van der Waals surface area contributed by atoms with Gasteiger partial charge in [-0.15, -0.1) is 0 Å². The Labute approximate surface area is 106 Å². The van der Waals surface area contributed by atoms with Gasteiger partial charge in [-0.05, 0) is 31.7 Å². The maximum atomic E-state index is 5.94. The average Bonchev–Trinajstić information content (AvgIpc) is 2.80. The lowest BCUT2D eigenvalue weighted by Gasteiger charge is -2.14. The lowest BCUT2D eigenvalue weighted by molar-refractivity contribution is 0.250. The Kier molecular flexibility index (Phi) is 4.28. The Balaban J connectivity index is 1.97. The molecule has 1 saturated carbocycles. The van der Waals surface area contributed by atoms with E-state index in [2.05, 4.69) is 41.1 Å². The molecule has 0 bridgehead atoms. The van der Waals surface area contributed by atoms with Gasteiger partial charge in [-0.25, -0.2) is 0 Å². The van der Waals surface area contributed by atoms with Crippen molar-refractivity contribution in [1.29, 1.82) is 0 Å². The maximum absolute atomic E-state index is 5.94. The average molecular weight is 283 g/mol. The van der Waals surface area contributed by atoms with E-state index in [-0.39, 0.29) is 0 Å². The minimum absolute atomic E-state index is 0.782. The summed E-state index contributed by atoms with van der Waals surface area (Å²) in [6.45, 7) is 3.01. The van der Waals surface area contributed by atoms with Crippen molar-refractivity contribution in [2.24, 2.45) is 5.92 Å². The summed E-state index contributed by atoms with van der Waals surface area (Å²) in [6.07, 6.45) is 5.45. The van der Waals surface area contributed by atoms with Crippen LogP contribution in [0.4, 0.5) is 0 Å². The molecular weight excluding hydrogens is 264 g/mol. The Morgan fingerprint density at radius 2 is 2.06 bits per heavy atom. The fourth-order valence-corrected chi connectivity index (χ4v) is 2.78. The fraction of sp³-hybridized carbons (Fsp3) is 0.571. The largest absolute Gasteiger partial charge is 0.493 e. The molecule has 0 N–H and O–H groups in total. The van der Waals surface area contributed by atoms with E-state index in [9.17, 15) is 0 Å². The first-order valence-electron chi connectivity index (χ1n) is 6.08. The molecule has 1 aromatic rings. The van der Waals surface area contributed by atoms with Crippen LogP contribution in [0.15, 0.2) is 18.2 Å². The predicted octanol–water partition coefficient (Wildman–Crippen LogP) is 4.46. The van der Waals surface area contributed by atoms with Crippen molar-refractivity contribution in [2.45, 2.75) is 37.9 Å². The summed E-state index contributed by atoms with van der Waals surface area (Å²) >= 11 is 3.52. The van der Waals surface area contributed by atoms with Crippen molar-refractivity contribution < 1.29 is 4.74 Å². The summed E-state index contributed by atoms with van der Waals surface area (Å²) in [6, 6.07) is 6.41. The Morgan fingerprint density at radius 3 is 2.75 bits per heavy atom. The molecular formula is C14H19BrO. The second-order valence-corrected chi connectivity index (χ2v) is 5.27. The van der Waals surface area contributed by atoms with Crippen LogP contribution >= 0.6 is 15.9 Å². The molecule has 0 radical (unpaired) electrons. The molecule has 0 aliphatic heterocycles. The highest BCUT2D eigenvalue weighted by atomic mass is 79.9. The van der Waals surface area contributed by atoms with E-state index >= 15 is 0 Å². The summed E-state index contributed by atoms with van der Waals surface area (Å²) in [7, 11) is 0. The first-order chi connectivity index (χ1) is 7.79. The smallest absolute Gasteiger partial charge is 0.123 e. The molecule has 0 atom stereocenters. The van der Waals surface area contributed by atoms with Gasteiger partial charge in [0.25, 0.3) is 0 Å². The number of hydrogen-bond acceptors (Lipinski definition) is 1. The molecule has 0 amide bonds. The highest BCUT2D eigenvalue weighted by Gasteiger charge is 2.16. The molecule has 0 aromatic heterocycles. The molecule has 2 rings (SSSR count). The van der Waals surface area contributed by atoms with Crippen LogP contribution in [0, 0.1) is 12.8 Å². The van der Waals surface area contributed by atoms with Crippen LogP contribution < -0.4 is 4.74 Å². The van der Waals surface area contributed by atoms with Crippen LogP contribution in [0.5, 0.6) is 5.75 Å². The van der Waals surface area contributed by atoms with Gasteiger partial charge in [-0.1, -0.05) is 46.5 Å².